The molecule has 0 radical (unpaired) electrons. The number of ether oxygens (including phenoxy) is 2. The Labute approximate surface area is 141 Å². The van der Waals surface area contributed by atoms with Crippen LogP contribution in [-0.4, -0.2) is 53.8 Å². The molecule has 1 atom stereocenters. The highest BCUT2D eigenvalue weighted by atomic mass is 19.1. The van der Waals surface area contributed by atoms with Gasteiger partial charge < -0.3 is 14.8 Å². The van der Waals surface area contributed by atoms with Gasteiger partial charge in [-0.2, -0.15) is 9.97 Å². The van der Waals surface area contributed by atoms with Crippen LogP contribution in [0.3, 0.4) is 0 Å². The van der Waals surface area contributed by atoms with Crippen molar-refractivity contribution >= 4 is 0 Å². The number of halogens is 1. The smallest absolute Gasteiger partial charge is 0.320 e. The predicted octanol–water partition coefficient (Wildman–Crippen LogP) is 1.60. The Kier molecular flexibility index (Phi) is 4.14. The number of aromatic nitrogens is 2. The lowest BCUT2D eigenvalue weighted by atomic mass is 9.94. The highest BCUT2D eigenvalue weighted by Gasteiger charge is 2.47. The molecule has 130 valence electrons. The summed E-state index contributed by atoms with van der Waals surface area (Å²) in [6.07, 6.45) is 4.49. The molecule has 1 N–H and O–H groups in total. The zero-order valence-corrected chi connectivity index (χ0v) is 14.0. The van der Waals surface area contributed by atoms with E-state index in [1.165, 1.54) is 0 Å². The molecule has 1 aromatic heterocycles. The molecule has 4 rings (SSSR count). The van der Waals surface area contributed by atoms with E-state index < -0.39 is 0 Å². The molecule has 3 aliphatic heterocycles. The molecular formula is C17H23FN4O2. The molecule has 1 aromatic rings. The fraction of sp³-hybridized carbons (Fsp3) is 0.647. The van der Waals surface area contributed by atoms with E-state index in [0.717, 1.165) is 61.9 Å². The van der Waals surface area contributed by atoms with Crippen LogP contribution in [-0.2, 0) is 13.0 Å². The van der Waals surface area contributed by atoms with Crippen LogP contribution in [0.2, 0.25) is 0 Å². The lowest BCUT2D eigenvalue weighted by molar-refractivity contribution is 0.106. The van der Waals surface area contributed by atoms with E-state index in [4.69, 9.17) is 9.47 Å². The highest BCUT2D eigenvalue weighted by molar-refractivity contribution is 5.34. The quantitative estimate of drug-likeness (QED) is 0.903. The summed E-state index contributed by atoms with van der Waals surface area (Å²) >= 11 is 0. The Balaban J connectivity index is 1.53. The maximum Gasteiger partial charge on any atom is 0.320 e. The van der Waals surface area contributed by atoms with E-state index in [-0.39, 0.29) is 5.54 Å². The van der Waals surface area contributed by atoms with Gasteiger partial charge in [-0.05, 0) is 44.3 Å². The summed E-state index contributed by atoms with van der Waals surface area (Å²) in [5.41, 5.74) is 2.75. The maximum absolute atomic E-state index is 12.9. The minimum atomic E-state index is -0.108. The SMILES string of the molecule is COc1nc(OCC23CCCN2C/C(=C\F)C3)nc2c1CCNC2. The number of rotatable bonds is 4. The van der Waals surface area contributed by atoms with Crippen molar-refractivity contribution in [1.82, 2.24) is 20.2 Å². The summed E-state index contributed by atoms with van der Waals surface area (Å²) in [6.45, 7) is 3.80. The van der Waals surface area contributed by atoms with Gasteiger partial charge in [0.05, 0.1) is 24.7 Å². The Bertz CT molecular complexity index is 649. The first kappa shape index (κ1) is 15.8. The molecule has 24 heavy (non-hydrogen) atoms. The normalized spacial score (nSPS) is 28.0. The molecule has 4 heterocycles. The van der Waals surface area contributed by atoms with Gasteiger partial charge in [0.2, 0.25) is 5.88 Å². The van der Waals surface area contributed by atoms with E-state index >= 15 is 0 Å². The van der Waals surface area contributed by atoms with E-state index in [2.05, 4.69) is 20.2 Å². The number of hydrogen-bond donors (Lipinski definition) is 1. The summed E-state index contributed by atoms with van der Waals surface area (Å²) in [5, 5.41) is 3.31. The van der Waals surface area contributed by atoms with Crippen LogP contribution in [0, 0.1) is 0 Å². The van der Waals surface area contributed by atoms with Crippen molar-refractivity contribution in [2.75, 3.05) is 33.4 Å². The van der Waals surface area contributed by atoms with E-state index in [1.807, 2.05) is 0 Å². The van der Waals surface area contributed by atoms with Gasteiger partial charge in [-0.25, -0.2) is 4.39 Å². The van der Waals surface area contributed by atoms with Gasteiger partial charge in [-0.1, -0.05) is 0 Å². The molecule has 2 fully saturated rings. The summed E-state index contributed by atoms with van der Waals surface area (Å²) in [4.78, 5) is 11.3. The Morgan fingerprint density at radius 1 is 1.42 bits per heavy atom. The van der Waals surface area contributed by atoms with Gasteiger partial charge in [-0.3, -0.25) is 4.90 Å². The zero-order valence-electron chi connectivity index (χ0n) is 14.0. The van der Waals surface area contributed by atoms with Crippen molar-refractivity contribution in [3.63, 3.8) is 0 Å². The standard InChI is InChI=1S/C17H23FN4O2/c1-23-15-13-3-5-19-9-14(13)20-16(21-15)24-11-17-4-2-6-22(17)10-12(7-17)8-18/h8,19H,2-7,9-11H2,1H3/b12-8-. The third-order valence-corrected chi connectivity index (χ3v) is 5.39. The van der Waals surface area contributed by atoms with Crippen LogP contribution in [0.4, 0.5) is 4.39 Å². The molecule has 0 saturated carbocycles. The van der Waals surface area contributed by atoms with Gasteiger partial charge >= 0.3 is 6.01 Å². The number of nitrogens with zero attached hydrogens (tertiary/aromatic N) is 3. The first-order valence-electron chi connectivity index (χ1n) is 8.54. The molecule has 1 unspecified atom stereocenters. The minimum Gasteiger partial charge on any atom is -0.481 e. The zero-order chi connectivity index (χ0) is 16.6. The topological polar surface area (TPSA) is 59.5 Å². The summed E-state index contributed by atoms with van der Waals surface area (Å²) in [5.74, 6) is 0.605. The molecule has 6 nitrogen and oxygen atoms in total. The third kappa shape index (κ3) is 2.65. The average molecular weight is 334 g/mol. The van der Waals surface area contributed by atoms with Gasteiger partial charge in [0, 0.05) is 18.7 Å². The fourth-order valence-corrected chi connectivity index (χ4v) is 4.19. The van der Waals surface area contributed by atoms with E-state index in [0.29, 0.717) is 31.6 Å². The van der Waals surface area contributed by atoms with Crippen LogP contribution in [0.15, 0.2) is 11.9 Å². The maximum atomic E-state index is 12.9. The van der Waals surface area contributed by atoms with Crippen molar-refractivity contribution in [3.05, 3.63) is 23.2 Å². The Morgan fingerprint density at radius 3 is 3.17 bits per heavy atom. The van der Waals surface area contributed by atoms with Crippen molar-refractivity contribution in [2.24, 2.45) is 0 Å². The monoisotopic (exact) mass is 334 g/mol. The predicted molar refractivity (Wildman–Crippen MR) is 86.8 cm³/mol. The van der Waals surface area contributed by atoms with E-state index in [9.17, 15) is 4.39 Å². The number of methoxy groups -OCH3 is 1. The van der Waals surface area contributed by atoms with Crippen LogP contribution >= 0.6 is 0 Å². The van der Waals surface area contributed by atoms with Crippen molar-refractivity contribution in [2.45, 2.75) is 37.8 Å². The summed E-state index contributed by atoms with van der Waals surface area (Å²) in [7, 11) is 1.63. The highest BCUT2D eigenvalue weighted by Crippen LogP contribution is 2.41. The third-order valence-electron chi connectivity index (χ3n) is 5.39. The van der Waals surface area contributed by atoms with Crippen LogP contribution in [0.25, 0.3) is 0 Å². The van der Waals surface area contributed by atoms with Gasteiger partial charge in [0.15, 0.2) is 0 Å². The Hall–Kier alpha value is -1.73. The molecule has 0 aromatic carbocycles. The second kappa shape index (κ2) is 6.29. The summed E-state index contributed by atoms with van der Waals surface area (Å²) < 4.78 is 24.3. The molecule has 7 heteroatoms. The van der Waals surface area contributed by atoms with Crippen molar-refractivity contribution in [1.29, 1.82) is 0 Å². The molecule has 0 amide bonds. The molecule has 0 bridgehead atoms. The van der Waals surface area contributed by atoms with Crippen LogP contribution < -0.4 is 14.8 Å². The number of fused-ring (bicyclic) bond motifs is 2. The summed E-state index contributed by atoms with van der Waals surface area (Å²) in [6, 6.07) is 0.355. The number of nitrogens with one attached hydrogen (secondary N) is 1. The molecule has 3 aliphatic rings. The second-order valence-electron chi connectivity index (χ2n) is 6.85. The molecule has 0 spiro atoms. The Morgan fingerprint density at radius 2 is 2.33 bits per heavy atom. The van der Waals surface area contributed by atoms with Gasteiger partial charge in [-0.15, -0.1) is 0 Å². The fourth-order valence-electron chi connectivity index (χ4n) is 4.19. The number of hydrogen-bond acceptors (Lipinski definition) is 6. The lowest BCUT2D eigenvalue weighted by Gasteiger charge is -2.31. The van der Waals surface area contributed by atoms with Gasteiger partial charge in [0.25, 0.3) is 0 Å². The van der Waals surface area contributed by atoms with E-state index in [1.54, 1.807) is 7.11 Å². The minimum absolute atomic E-state index is 0.108. The first-order chi connectivity index (χ1) is 11.7. The average Bonchev–Trinajstić information content (AvgIpc) is 3.16. The van der Waals surface area contributed by atoms with Crippen molar-refractivity contribution < 1.29 is 13.9 Å². The molecular weight excluding hydrogens is 311 g/mol. The second-order valence-corrected chi connectivity index (χ2v) is 6.85. The largest absolute Gasteiger partial charge is 0.481 e. The molecule has 0 aliphatic carbocycles. The van der Waals surface area contributed by atoms with Crippen molar-refractivity contribution in [3.8, 4) is 11.9 Å². The van der Waals surface area contributed by atoms with Gasteiger partial charge in [0.1, 0.15) is 6.61 Å². The first-order valence-corrected chi connectivity index (χ1v) is 8.54. The molecule has 2 saturated heterocycles. The van der Waals surface area contributed by atoms with Crippen LogP contribution in [0.1, 0.15) is 30.5 Å². The van der Waals surface area contributed by atoms with Crippen LogP contribution in [0.5, 0.6) is 11.9 Å². The lowest BCUT2D eigenvalue weighted by Crippen LogP contribution is -2.43.